The summed E-state index contributed by atoms with van der Waals surface area (Å²) in [5, 5.41) is 21.9. The number of nitrogens with zero attached hydrogens (tertiary/aromatic N) is 2. The van der Waals surface area contributed by atoms with Crippen molar-refractivity contribution in [1.29, 1.82) is 0 Å². The molecule has 2 amide bonds. The third kappa shape index (κ3) is 8.89. The number of carboxylic acid groups (broad SMARTS) is 2. The van der Waals surface area contributed by atoms with Gasteiger partial charge in [0.15, 0.2) is 0 Å². The van der Waals surface area contributed by atoms with E-state index in [1.165, 1.54) is 9.80 Å². The van der Waals surface area contributed by atoms with Gasteiger partial charge in [0.1, 0.15) is 0 Å². The van der Waals surface area contributed by atoms with Gasteiger partial charge in [-0.2, -0.15) is 0 Å². The third-order valence-corrected chi connectivity index (χ3v) is 6.85. The van der Waals surface area contributed by atoms with Gasteiger partial charge in [-0.1, -0.05) is 60.7 Å². The number of hydrogen-bond donors (Lipinski definition) is 2. The van der Waals surface area contributed by atoms with E-state index in [1.807, 2.05) is 60.7 Å². The molecule has 2 fully saturated rings. The van der Waals surface area contributed by atoms with Crippen LogP contribution in [0.1, 0.15) is 36.8 Å². The molecule has 0 saturated carbocycles. The number of carbonyl (C=O) groups excluding carboxylic acids is 4. The quantitative estimate of drug-likeness (QED) is 0.356. The molecule has 4 atom stereocenters. The largest absolute Gasteiger partial charge is 2.00 e. The van der Waals surface area contributed by atoms with Crippen LogP contribution in [0.2, 0.25) is 0 Å². The van der Waals surface area contributed by atoms with E-state index in [-0.39, 0.29) is 28.9 Å². The average molecular weight is 586 g/mol. The van der Waals surface area contributed by atoms with Gasteiger partial charge in [0.05, 0.1) is 36.1 Å². The van der Waals surface area contributed by atoms with Crippen LogP contribution in [-0.4, -0.2) is 70.8 Å². The molecule has 11 heteroatoms. The van der Waals surface area contributed by atoms with E-state index in [4.69, 9.17) is 11.5 Å². The van der Waals surface area contributed by atoms with Crippen LogP contribution in [0, 0.1) is 0 Å². The van der Waals surface area contributed by atoms with Gasteiger partial charge in [-0.05, 0) is 49.7 Å². The number of carbonyl (C=O) groups is 4. The number of likely N-dealkylation sites (tertiary alicyclic amines) is 2. The van der Waals surface area contributed by atoms with E-state index in [1.54, 1.807) is 0 Å². The summed E-state index contributed by atoms with van der Waals surface area (Å²) in [6.45, 7) is 0.889. The van der Waals surface area contributed by atoms with E-state index < -0.39 is 36.1 Å². The van der Waals surface area contributed by atoms with Crippen LogP contribution in [0.25, 0.3) is 0 Å². The average Bonchev–Trinajstić information content (AvgIpc) is 3.60. The first-order valence-electron chi connectivity index (χ1n) is 12.8. The van der Waals surface area contributed by atoms with Gasteiger partial charge in [0.2, 0.25) is 11.8 Å². The minimum atomic E-state index is -1.20. The molecule has 2 aliphatic heterocycles. The van der Waals surface area contributed by atoms with Crippen LogP contribution < -0.4 is 21.7 Å². The fraction of sp³-hybridized carbons (Fsp3) is 0.429. The van der Waals surface area contributed by atoms with Crippen molar-refractivity contribution < 1.29 is 46.5 Å². The van der Waals surface area contributed by atoms with E-state index in [9.17, 15) is 29.4 Å². The Morgan fingerprint density at radius 3 is 1.33 bits per heavy atom. The number of hydrogen-bond acceptors (Lipinski definition) is 8. The topological polar surface area (TPSA) is 173 Å². The van der Waals surface area contributed by atoms with Crippen molar-refractivity contribution >= 4 is 23.8 Å². The maximum absolute atomic E-state index is 12.2. The van der Waals surface area contributed by atoms with E-state index in [2.05, 4.69) is 0 Å². The molecule has 4 N–H and O–H groups in total. The summed E-state index contributed by atoms with van der Waals surface area (Å²) in [7, 11) is 0. The predicted octanol–water partition coefficient (Wildman–Crippen LogP) is -1.41. The Hall–Kier alpha value is -3.24. The molecule has 213 valence electrons. The fourth-order valence-electron chi connectivity index (χ4n) is 4.89. The summed E-state index contributed by atoms with van der Waals surface area (Å²) in [6, 6.07) is 15.8. The minimum Gasteiger partial charge on any atom is -0.548 e. The van der Waals surface area contributed by atoms with Crippen LogP contribution in [-0.2, 0) is 49.1 Å². The van der Waals surface area contributed by atoms with Crippen LogP contribution in [0.15, 0.2) is 60.7 Å². The first-order valence-corrected chi connectivity index (χ1v) is 12.8. The van der Waals surface area contributed by atoms with Gasteiger partial charge in [0, 0.05) is 13.1 Å². The molecule has 0 bridgehead atoms. The molecule has 2 saturated heterocycles. The minimum absolute atomic E-state index is 0. The zero-order valence-corrected chi connectivity index (χ0v) is 22.5. The van der Waals surface area contributed by atoms with Crippen molar-refractivity contribution in [3.8, 4) is 0 Å². The standard InChI is InChI=1S/2C14H18N2O3.Cu/c2*15-11(9-10-5-2-1-3-6-10)13(17)16-8-4-7-12(16)14(18)19;/h2*1-3,5-6,11-12H,4,7-9,15H2,(H,18,19);/q;;+2/p-2/t2*11-,12-;/m00./s1. The Labute approximate surface area is 238 Å². The molecule has 2 aliphatic rings. The summed E-state index contributed by atoms with van der Waals surface area (Å²) >= 11 is 0. The molecule has 39 heavy (non-hydrogen) atoms. The SMILES string of the molecule is N[C@@H](Cc1ccccc1)C(=O)N1CCC[C@H]1C(=O)[O-].N[C@@H](Cc1ccccc1)C(=O)N1CCC[C@H]1C(=O)[O-].[Cu+2]. The second kappa shape index (κ2) is 15.4. The van der Waals surface area contributed by atoms with Crippen molar-refractivity contribution in [1.82, 2.24) is 9.80 Å². The summed E-state index contributed by atoms with van der Waals surface area (Å²) in [5.74, 6) is -3.01. The van der Waals surface area contributed by atoms with Crippen LogP contribution >= 0.6 is 0 Å². The molecule has 0 aromatic heterocycles. The Bertz CT molecular complexity index is 1020. The summed E-state index contributed by atoms with van der Waals surface area (Å²) in [6.07, 6.45) is 3.09. The normalized spacial score (nSPS) is 19.7. The van der Waals surface area contributed by atoms with Gasteiger partial charge in [-0.25, -0.2) is 0 Å². The van der Waals surface area contributed by atoms with Crippen molar-refractivity contribution in [2.45, 2.75) is 62.7 Å². The molecule has 2 aromatic carbocycles. The Balaban J connectivity index is 0.000000267. The number of rotatable bonds is 8. The van der Waals surface area contributed by atoms with Crippen LogP contribution in [0.4, 0.5) is 0 Å². The molecule has 1 radical (unpaired) electrons. The molecule has 4 rings (SSSR count). The van der Waals surface area contributed by atoms with Crippen molar-refractivity contribution in [2.75, 3.05) is 13.1 Å². The van der Waals surface area contributed by atoms with Crippen LogP contribution in [0.3, 0.4) is 0 Å². The molecular weight excluding hydrogens is 552 g/mol. The maximum Gasteiger partial charge on any atom is 2.00 e. The Morgan fingerprint density at radius 1 is 0.692 bits per heavy atom. The second-order valence-electron chi connectivity index (χ2n) is 9.61. The molecule has 2 aromatic rings. The maximum atomic E-state index is 12.2. The van der Waals surface area contributed by atoms with E-state index in [0.29, 0.717) is 51.6 Å². The van der Waals surface area contributed by atoms with Gasteiger partial charge < -0.3 is 41.1 Å². The fourth-order valence-corrected chi connectivity index (χ4v) is 4.89. The van der Waals surface area contributed by atoms with Crippen molar-refractivity contribution in [3.63, 3.8) is 0 Å². The predicted molar refractivity (Wildman–Crippen MR) is 136 cm³/mol. The Morgan fingerprint density at radius 2 is 1.03 bits per heavy atom. The summed E-state index contributed by atoms with van der Waals surface area (Å²) in [4.78, 5) is 48.9. The number of aliphatic carboxylic acids is 2. The van der Waals surface area contributed by atoms with E-state index in [0.717, 1.165) is 11.1 Å². The van der Waals surface area contributed by atoms with Crippen LogP contribution in [0.5, 0.6) is 0 Å². The van der Waals surface area contributed by atoms with Crippen molar-refractivity contribution in [2.24, 2.45) is 11.5 Å². The number of amides is 2. The Kier molecular flexibility index (Phi) is 12.6. The molecule has 10 nitrogen and oxygen atoms in total. The zero-order chi connectivity index (χ0) is 27.7. The second-order valence-corrected chi connectivity index (χ2v) is 9.61. The smallest absolute Gasteiger partial charge is 0.548 e. The van der Waals surface area contributed by atoms with Gasteiger partial charge >= 0.3 is 17.1 Å². The molecular formula is C28H34CuN4O6. The van der Waals surface area contributed by atoms with E-state index >= 15 is 0 Å². The monoisotopic (exact) mass is 585 g/mol. The first-order chi connectivity index (χ1) is 18.2. The molecule has 0 spiro atoms. The van der Waals surface area contributed by atoms with Crippen molar-refractivity contribution in [3.05, 3.63) is 71.8 Å². The summed E-state index contributed by atoms with van der Waals surface area (Å²) < 4.78 is 0. The molecule has 0 unspecified atom stereocenters. The van der Waals surface area contributed by atoms with Gasteiger partial charge in [-0.15, -0.1) is 0 Å². The van der Waals surface area contributed by atoms with Gasteiger partial charge in [0.25, 0.3) is 0 Å². The van der Waals surface area contributed by atoms with Gasteiger partial charge in [-0.3, -0.25) is 9.59 Å². The number of carboxylic acids is 2. The molecule has 2 heterocycles. The number of nitrogens with two attached hydrogens (primary N) is 2. The summed E-state index contributed by atoms with van der Waals surface area (Å²) in [5.41, 5.74) is 13.7. The first kappa shape index (κ1) is 32.0. The number of benzene rings is 2. The zero-order valence-electron chi connectivity index (χ0n) is 21.5. The third-order valence-electron chi connectivity index (χ3n) is 6.85. The molecule has 0 aliphatic carbocycles.